The van der Waals surface area contributed by atoms with Crippen molar-refractivity contribution in [2.75, 3.05) is 41.3 Å². The third-order valence-corrected chi connectivity index (χ3v) is 4.00. The van der Waals surface area contributed by atoms with Gasteiger partial charge in [0.15, 0.2) is 0 Å². The highest BCUT2D eigenvalue weighted by Gasteiger charge is 2.19. The zero-order valence-corrected chi connectivity index (χ0v) is 14.0. The highest BCUT2D eigenvalue weighted by Crippen LogP contribution is 2.19. The van der Waals surface area contributed by atoms with Crippen molar-refractivity contribution in [1.82, 2.24) is 15.0 Å². The second kappa shape index (κ2) is 7.25. The molecule has 1 aliphatic rings. The van der Waals surface area contributed by atoms with E-state index >= 15 is 0 Å². The Morgan fingerprint density at radius 2 is 1.71 bits per heavy atom. The van der Waals surface area contributed by atoms with Crippen molar-refractivity contribution in [3.05, 3.63) is 36.8 Å². The predicted molar refractivity (Wildman–Crippen MR) is 94.2 cm³/mol. The normalized spacial score (nSPS) is 14.8. The minimum atomic E-state index is -0.0558. The lowest BCUT2D eigenvalue weighted by molar-refractivity contribution is -0.118. The molecule has 7 nitrogen and oxygen atoms in total. The minimum Gasteiger partial charge on any atom is -0.367 e. The van der Waals surface area contributed by atoms with E-state index in [-0.39, 0.29) is 11.8 Å². The van der Waals surface area contributed by atoms with E-state index in [2.05, 4.69) is 30.1 Å². The second-order valence-electron chi connectivity index (χ2n) is 6.07. The molecule has 0 unspecified atom stereocenters. The van der Waals surface area contributed by atoms with Gasteiger partial charge in [0.2, 0.25) is 11.9 Å². The summed E-state index contributed by atoms with van der Waals surface area (Å²) in [6.07, 6.45) is 5.34. The Kier molecular flexibility index (Phi) is 4.88. The zero-order chi connectivity index (χ0) is 16.9. The van der Waals surface area contributed by atoms with Gasteiger partial charge in [0.25, 0.3) is 0 Å². The first-order chi connectivity index (χ1) is 11.6. The van der Waals surface area contributed by atoms with Crippen molar-refractivity contribution in [3.63, 3.8) is 0 Å². The highest BCUT2D eigenvalue weighted by molar-refractivity contribution is 5.91. The fourth-order valence-electron chi connectivity index (χ4n) is 2.54. The van der Waals surface area contributed by atoms with Crippen LogP contribution in [0.4, 0.5) is 17.5 Å². The van der Waals surface area contributed by atoms with Gasteiger partial charge in [-0.25, -0.2) is 15.0 Å². The first-order valence-corrected chi connectivity index (χ1v) is 8.17. The van der Waals surface area contributed by atoms with Crippen LogP contribution in [0.25, 0.3) is 0 Å². The van der Waals surface area contributed by atoms with Crippen molar-refractivity contribution < 1.29 is 4.79 Å². The van der Waals surface area contributed by atoms with Crippen LogP contribution in [-0.2, 0) is 4.79 Å². The van der Waals surface area contributed by atoms with Gasteiger partial charge in [-0.15, -0.1) is 0 Å². The zero-order valence-electron chi connectivity index (χ0n) is 14.0. The Labute approximate surface area is 141 Å². The van der Waals surface area contributed by atoms with E-state index in [1.54, 1.807) is 12.4 Å². The van der Waals surface area contributed by atoms with Gasteiger partial charge in [0.05, 0.1) is 11.9 Å². The molecule has 1 N–H and O–H groups in total. The summed E-state index contributed by atoms with van der Waals surface area (Å²) in [5, 5.41) is 2.81. The van der Waals surface area contributed by atoms with Crippen LogP contribution >= 0.6 is 0 Å². The number of piperazine rings is 1. The van der Waals surface area contributed by atoms with Gasteiger partial charge >= 0.3 is 0 Å². The lowest BCUT2D eigenvalue weighted by Gasteiger charge is -2.35. The molecule has 2 aromatic rings. The number of carbonyl (C=O) groups is 1. The Morgan fingerprint density at radius 3 is 2.29 bits per heavy atom. The van der Waals surface area contributed by atoms with E-state index in [4.69, 9.17) is 0 Å². The van der Waals surface area contributed by atoms with Crippen LogP contribution in [0.5, 0.6) is 0 Å². The van der Waals surface area contributed by atoms with Gasteiger partial charge in [-0.05, 0) is 18.2 Å². The number of hydrogen-bond donors (Lipinski definition) is 1. The van der Waals surface area contributed by atoms with Crippen molar-refractivity contribution in [2.45, 2.75) is 13.8 Å². The van der Waals surface area contributed by atoms with E-state index in [1.807, 2.05) is 38.2 Å². The molecule has 24 heavy (non-hydrogen) atoms. The van der Waals surface area contributed by atoms with Gasteiger partial charge in [-0.3, -0.25) is 4.79 Å². The topological polar surface area (TPSA) is 74.2 Å². The molecule has 126 valence electrons. The molecular weight excluding hydrogens is 304 g/mol. The number of aromatic nitrogens is 3. The lowest BCUT2D eigenvalue weighted by Crippen LogP contribution is -2.47. The summed E-state index contributed by atoms with van der Waals surface area (Å²) in [5.41, 5.74) is 1.06. The Bertz CT molecular complexity index is 665. The van der Waals surface area contributed by atoms with Crippen molar-refractivity contribution in [1.29, 1.82) is 0 Å². The van der Waals surface area contributed by atoms with Crippen LogP contribution in [0.2, 0.25) is 0 Å². The first-order valence-electron chi connectivity index (χ1n) is 8.17. The molecular formula is C17H22N6O. The van der Waals surface area contributed by atoms with E-state index in [0.717, 1.165) is 37.8 Å². The average molecular weight is 326 g/mol. The molecule has 3 rings (SSSR count). The summed E-state index contributed by atoms with van der Waals surface area (Å²) in [4.78, 5) is 29.1. The summed E-state index contributed by atoms with van der Waals surface area (Å²) in [6, 6.07) is 5.67. The Balaban J connectivity index is 1.57. The van der Waals surface area contributed by atoms with Crippen LogP contribution in [-0.4, -0.2) is 47.0 Å². The molecule has 0 radical (unpaired) electrons. The van der Waals surface area contributed by atoms with Crippen molar-refractivity contribution in [2.24, 2.45) is 5.92 Å². The predicted octanol–water partition coefficient (Wildman–Crippen LogP) is 1.79. The molecule has 1 aliphatic heterocycles. The maximum Gasteiger partial charge on any atom is 0.228 e. The number of hydrogen-bond acceptors (Lipinski definition) is 6. The Hall–Kier alpha value is -2.70. The number of anilines is 3. The fourth-order valence-corrected chi connectivity index (χ4v) is 2.54. The molecule has 0 atom stereocenters. The number of pyridine rings is 1. The van der Waals surface area contributed by atoms with Gasteiger partial charge in [0.1, 0.15) is 5.82 Å². The number of amides is 1. The van der Waals surface area contributed by atoms with E-state index in [9.17, 15) is 4.79 Å². The molecule has 0 spiro atoms. The third-order valence-electron chi connectivity index (χ3n) is 4.00. The summed E-state index contributed by atoms with van der Waals surface area (Å²) in [5.74, 6) is 1.29. The smallest absolute Gasteiger partial charge is 0.228 e. The van der Waals surface area contributed by atoms with Crippen molar-refractivity contribution >= 4 is 23.4 Å². The van der Waals surface area contributed by atoms with E-state index in [1.165, 1.54) is 0 Å². The largest absolute Gasteiger partial charge is 0.367 e. The molecule has 1 fully saturated rings. The summed E-state index contributed by atoms with van der Waals surface area (Å²) >= 11 is 0. The molecule has 3 heterocycles. The molecule has 0 aliphatic carbocycles. The number of carbonyl (C=O) groups excluding carboxylic acids is 1. The first kappa shape index (κ1) is 16.2. The number of nitrogens with one attached hydrogen (secondary N) is 1. The second-order valence-corrected chi connectivity index (χ2v) is 6.07. The quantitative estimate of drug-likeness (QED) is 0.923. The molecule has 0 aromatic carbocycles. The van der Waals surface area contributed by atoms with Crippen molar-refractivity contribution in [3.8, 4) is 0 Å². The number of nitrogens with zero attached hydrogens (tertiary/aromatic N) is 5. The van der Waals surface area contributed by atoms with Gasteiger partial charge in [-0.2, -0.15) is 0 Å². The van der Waals surface area contributed by atoms with Crippen LogP contribution in [0, 0.1) is 5.92 Å². The lowest BCUT2D eigenvalue weighted by atomic mass is 10.2. The molecule has 2 aromatic heterocycles. The highest BCUT2D eigenvalue weighted by atomic mass is 16.1. The van der Waals surface area contributed by atoms with Crippen LogP contribution in [0.15, 0.2) is 36.8 Å². The van der Waals surface area contributed by atoms with Gasteiger partial charge in [0, 0.05) is 44.5 Å². The van der Waals surface area contributed by atoms with Crippen LogP contribution in [0.1, 0.15) is 13.8 Å². The third kappa shape index (κ3) is 3.79. The summed E-state index contributed by atoms with van der Waals surface area (Å²) in [6.45, 7) is 7.24. The molecule has 1 amide bonds. The average Bonchev–Trinajstić information content (AvgIpc) is 2.63. The molecule has 0 saturated carbocycles. The van der Waals surface area contributed by atoms with Crippen LogP contribution in [0.3, 0.4) is 0 Å². The molecule has 7 heteroatoms. The number of rotatable bonds is 4. The van der Waals surface area contributed by atoms with Gasteiger partial charge < -0.3 is 15.1 Å². The summed E-state index contributed by atoms with van der Waals surface area (Å²) < 4.78 is 0. The van der Waals surface area contributed by atoms with Crippen LogP contribution < -0.4 is 15.1 Å². The Morgan fingerprint density at radius 1 is 1.04 bits per heavy atom. The summed E-state index contributed by atoms with van der Waals surface area (Å²) in [7, 11) is 0. The van der Waals surface area contributed by atoms with E-state index in [0.29, 0.717) is 5.82 Å². The maximum absolute atomic E-state index is 11.7. The maximum atomic E-state index is 11.7. The minimum absolute atomic E-state index is 0.0216. The fraction of sp³-hybridized carbons (Fsp3) is 0.412. The monoisotopic (exact) mass is 326 g/mol. The van der Waals surface area contributed by atoms with E-state index < -0.39 is 0 Å². The molecule has 1 saturated heterocycles. The van der Waals surface area contributed by atoms with Gasteiger partial charge in [-0.1, -0.05) is 13.8 Å². The SMILES string of the molecule is CC(C)C(=O)Nc1ccc(N2CCN(c3ncccn3)CC2)cn1. The molecule has 0 bridgehead atoms. The standard InChI is InChI=1S/C17H22N6O/c1-13(2)16(24)21-15-5-4-14(12-20-15)22-8-10-23(11-9-22)17-18-6-3-7-19-17/h3-7,12-13H,8-11H2,1-2H3,(H,20,21,24).